The lowest BCUT2D eigenvalue weighted by Crippen LogP contribution is -2.54. The monoisotopic (exact) mass is 230 g/mol. The molecule has 1 aliphatic rings. The van der Waals surface area contributed by atoms with Gasteiger partial charge in [-0.1, -0.05) is 0 Å². The molecule has 0 aliphatic carbocycles. The second-order valence-corrected chi connectivity index (χ2v) is 5.17. The first kappa shape index (κ1) is 13.3. The number of carbonyl (C=O) groups is 1. The summed E-state index contributed by atoms with van der Waals surface area (Å²) in [6.45, 7) is 8.96. The summed E-state index contributed by atoms with van der Waals surface area (Å²) in [6.07, 6.45) is -0.370. The highest BCUT2D eigenvalue weighted by Crippen LogP contribution is 2.16. The molecule has 1 heterocycles. The molecular weight excluding hydrogens is 208 g/mol. The molecule has 5 nitrogen and oxygen atoms in total. The van der Waals surface area contributed by atoms with Crippen molar-refractivity contribution in [3.8, 4) is 0 Å². The van der Waals surface area contributed by atoms with Gasteiger partial charge >= 0.3 is 6.09 Å². The molecule has 1 rings (SSSR count). The average Bonchev–Trinajstić information content (AvgIpc) is 2.15. The number of nitrogens with two attached hydrogens (primary N) is 1. The zero-order valence-corrected chi connectivity index (χ0v) is 10.5. The van der Waals surface area contributed by atoms with Crippen molar-refractivity contribution < 1.29 is 14.3 Å². The Morgan fingerprint density at radius 1 is 1.56 bits per heavy atom. The molecule has 2 N–H and O–H groups in total. The Hall–Kier alpha value is -0.810. The van der Waals surface area contributed by atoms with Crippen LogP contribution in [-0.4, -0.2) is 48.4 Å². The normalized spacial score (nSPS) is 26.7. The number of morpholine rings is 1. The molecule has 1 aliphatic heterocycles. The van der Waals surface area contributed by atoms with E-state index in [1.165, 1.54) is 0 Å². The first-order chi connectivity index (χ1) is 7.33. The van der Waals surface area contributed by atoms with Crippen molar-refractivity contribution in [1.82, 2.24) is 4.90 Å². The maximum Gasteiger partial charge on any atom is 0.410 e. The van der Waals surface area contributed by atoms with Gasteiger partial charge in [-0.05, 0) is 27.7 Å². The Kier molecular flexibility index (Phi) is 4.15. The maximum absolute atomic E-state index is 11.9. The van der Waals surface area contributed by atoms with E-state index in [-0.39, 0.29) is 18.2 Å². The van der Waals surface area contributed by atoms with Crippen LogP contribution in [0.1, 0.15) is 27.7 Å². The number of amides is 1. The van der Waals surface area contributed by atoms with Crippen LogP contribution < -0.4 is 5.73 Å². The van der Waals surface area contributed by atoms with E-state index >= 15 is 0 Å². The number of nitrogens with zero attached hydrogens (tertiary/aromatic N) is 1. The van der Waals surface area contributed by atoms with Crippen LogP contribution in [0.2, 0.25) is 0 Å². The zero-order chi connectivity index (χ0) is 12.3. The summed E-state index contributed by atoms with van der Waals surface area (Å²) in [7, 11) is 0. The number of hydrogen-bond acceptors (Lipinski definition) is 4. The summed E-state index contributed by atoms with van der Waals surface area (Å²) < 4.78 is 10.8. The van der Waals surface area contributed by atoms with Crippen molar-refractivity contribution in [2.75, 3.05) is 19.7 Å². The summed E-state index contributed by atoms with van der Waals surface area (Å²) in [5.74, 6) is 0. The summed E-state index contributed by atoms with van der Waals surface area (Å²) in [5, 5.41) is 0. The van der Waals surface area contributed by atoms with Crippen LogP contribution in [0, 0.1) is 0 Å². The van der Waals surface area contributed by atoms with Gasteiger partial charge in [0.2, 0.25) is 0 Å². The first-order valence-corrected chi connectivity index (χ1v) is 5.65. The molecule has 0 spiro atoms. The molecule has 5 heteroatoms. The molecule has 1 unspecified atom stereocenters. The highest BCUT2D eigenvalue weighted by Gasteiger charge is 2.31. The summed E-state index contributed by atoms with van der Waals surface area (Å²) in [6, 6.07) is 0.0395. The molecule has 94 valence electrons. The summed E-state index contributed by atoms with van der Waals surface area (Å²) in [4.78, 5) is 13.6. The molecule has 0 saturated carbocycles. The lowest BCUT2D eigenvalue weighted by atomic mass is 10.2. The number of hydrogen-bond donors (Lipinski definition) is 1. The molecule has 1 saturated heterocycles. The molecule has 2 atom stereocenters. The van der Waals surface area contributed by atoms with Crippen molar-refractivity contribution in [1.29, 1.82) is 0 Å². The van der Waals surface area contributed by atoms with Crippen molar-refractivity contribution in [3.05, 3.63) is 0 Å². The minimum Gasteiger partial charge on any atom is -0.444 e. The maximum atomic E-state index is 11.9. The second kappa shape index (κ2) is 5.01. The average molecular weight is 230 g/mol. The fourth-order valence-electron chi connectivity index (χ4n) is 1.53. The SMILES string of the molecule is C[C@H]1COC(CN)CN1C(=O)OC(C)(C)C. The molecule has 0 bridgehead atoms. The second-order valence-electron chi connectivity index (χ2n) is 5.17. The largest absolute Gasteiger partial charge is 0.444 e. The molecule has 0 aromatic rings. The van der Waals surface area contributed by atoms with Gasteiger partial charge in [-0.2, -0.15) is 0 Å². The van der Waals surface area contributed by atoms with E-state index in [1.807, 2.05) is 27.7 Å². The van der Waals surface area contributed by atoms with E-state index in [1.54, 1.807) is 4.90 Å². The molecule has 1 fully saturated rings. The lowest BCUT2D eigenvalue weighted by Gasteiger charge is -2.38. The van der Waals surface area contributed by atoms with Gasteiger partial charge in [-0.25, -0.2) is 4.79 Å². The van der Waals surface area contributed by atoms with E-state index < -0.39 is 5.60 Å². The van der Waals surface area contributed by atoms with Gasteiger partial charge < -0.3 is 20.1 Å². The predicted molar refractivity (Wildman–Crippen MR) is 61.2 cm³/mol. The highest BCUT2D eigenvalue weighted by molar-refractivity contribution is 5.68. The third-order valence-electron chi connectivity index (χ3n) is 2.40. The van der Waals surface area contributed by atoms with Crippen molar-refractivity contribution >= 4 is 6.09 Å². The van der Waals surface area contributed by atoms with Gasteiger partial charge in [-0.15, -0.1) is 0 Å². The third kappa shape index (κ3) is 3.64. The van der Waals surface area contributed by atoms with Gasteiger partial charge in [0.25, 0.3) is 0 Å². The predicted octanol–water partition coefficient (Wildman–Crippen LogP) is 0.969. The summed E-state index contributed by atoms with van der Waals surface area (Å²) in [5.41, 5.74) is 5.07. The van der Waals surface area contributed by atoms with Gasteiger partial charge in [0.15, 0.2) is 0 Å². The number of carbonyl (C=O) groups excluding carboxylic acids is 1. The smallest absolute Gasteiger partial charge is 0.410 e. The van der Waals surface area contributed by atoms with Crippen LogP contribution in [0.3, 0.4) is 0 Å². The topological polar surface area (TPSA) is 64.8 Å². The Bertz CT molecular complexity index is 250. The fourth-order valence-corrected chi connectivity index (χ4v) is 1.53. The Morgan fingerprint density at radius 3 is 2.69 bits per heavy atom. The van der Waals surface area contributed by atoms with Crippen LogP contribution in [0.25, 0.3) is 0 Å². The van der Waals surface area contributed by atoms with Crippen LogP contribution >= 0.6 is 0 Å². The van der Waals surface area contributed by atoms with E-state index in [9.17, 15) is 4.79 Å². The van der Waals surface area contributed by atoms with Gasteiger partial charge in [-0.3, -0.25) is 0 Å². The molecular formula is C11H22N2O3. The standard InChI is InChI=1S/C11H22N2O3/c1-8-7-15-9(5-12)6-13(8)10(14)16-11(2,3)4/h8-9H,5-7,12H2,1-4H3/t8-,9?/m0/s1. The van der Waals surface area contributed by atoms with Crippen molar-refractivity contribution in [2.24, 2.45) is 5.73 Å². The van der Waals surface area contributed by atoms with Crippen LogP contribution in [-0.2, 0) is 9.47 Å². The third-order valence-corrected chi connectivity index (χ3v) is 2.40. The Morgan fingerprint density at radius 2 is 2.19 bits per heavy atom. The van der Waals surface area contributed by atoms with Gasteiger partial charge in [0.1, 0.15) is 5.60 Å². The van der Waals surface area contributed by atoms with Gasteiger partial charge in [0.05, 0.1) is 25.3 Å². The van der Waals surface area contributed by atoms with Crippen LogP contribution in [0.5, 0.6) is 0 Å². The van der Waals surface area contributed by atoms with E-state index in [0.717, 1.165) is 0 Å². The molecule has 16 heavy (non-hydrogen) atoms. The van der Waals surface area contributed by atoms with Gasteiger partial charge in [0, 0.05) is 6.54 Å². The van der Waals surface area contributed by atoms with E-state index in [4.69, 9.17) is 15.2 Å². The van der Waals surface area contributed by atoms with Crippen LogP contribution in [0.4, 0.5) is 4.79 Å². The molecule has 1 amide bonds. The number of ether oxygens (including phenoxy) is 2. The minimum absolute atomic E-state index is 0.0395. The minimum atomic E-state index is -0.465. The molecule has 0 aromatic heterocycles. The summed E-state index contributed by atoms with van der Waals surface area (Å²) >= 11 is 0. The van der Waals surface area contributed by atoms with Crippen molar-refractivity contribution in [2.45, 2.75) is 45.4 Å². The Labute approximate surface area is 96.9 Å². The fraction of sp³-hybridized carbons (Fsp3) is 0.909. The highest BCUT2D eigenvalue weighted by atomic mass is 16.6. The van der Waals surface area contributed by atoms with E-state index in [2.05, 4.69) is 0 Å². The van der Waals surface area contributed by atoms with Crippen molar-refractivity contribution in [3.63, 3.8) is 0 Å². The molecule has 0 aromatic carbocycles. The number of rotatable bonds is 1. The van der Waals surface area contributed by atoms with Crippen LogP contribution in [0.15, 0.2) is 0 Å². The first-order valence-electron chi connectivity index (χ1n) is 5.65. The Balaban J connectivity index is 2.59. The molecule has 0 radical (unpaired) electrons. The quantitative estimate of drug-likeness (QED) is 0.729. The zero-order valence-electron chi connectivity index (χ0n) is 10.5. The van der Waals surface area contributed by atoms with E-state index in [0.29, 0.717) is 19.7 Å². The lowest BCUT2D eigenvalue weighted by molar-refractivity contribution is -0.0617.